The Morgan fingerprint density at radius 1 is 1.38 bits per heavy atom. The van der Waals surface area contributed by atoms with Crippen LogP contribution in [0.3, 0.4) is 0 Å². The van der Waals surface area contributed by atoms with Crippen LogP contribution >= 0.6 is 11.6 Å². The molecule has 0 unspecified atom stereocenters. The van der Waals surface area contributed by atoms with Crippen molar-refractivity contribution in [1.82, 2.24) is 4.98 Å². The van der Waals surface area contributed by atoms with Gasteiger partial charge in [0.1, 0.15) is 6.54 Å². The van der Waals surface area contributed by atoms with Crippen LogP contribution in [-0.2, 0) is 16.4 Å². The number of rotatable bonds is 6. The molecular weight excluding hydrogens is 426 g/mol. The molecule has 0 spiro atoms. The molecule has 12 heteroatoms. The molecular formula is C17H22ClF2N6O2S+. The van der Waals surface area contributed by atoms with Crippen LogP contribution in [0.4, 0.5) is 26.1 Å². The first kappa shape index (κ1) is 21.5. The highest BCUT2D eigenvalue weighted by Crippen LogP contribution is 2.35. The molecule has 29 heavy (non-hydrogen) atoms. The number of aromatic amines is 1. The lowest BCUT2D eigenvalue weighted by molar-refractivity contribution is -0.420. The van der Waals surface area contributed by atoms with Gasteiger partial charge in [0.15, 0.2) is 5.69 Å². The molecule has 0 aliphatic carbocycles. The number of hydrogen-bond acceptors (Lipinski definition) is 7. The summed E-state index contributed by atoms with van der Waals surface area (Å²) in [5.41, 5.74) is 6.81. The van der Waals surface area contributed by atoms with Crippen molar-refractivity contribution < 1.29 is 22.2 Å². The summed E-state index contributed by atoms with van der Waals surface area (Å²) < 4.78 is 52.3. The molecule has 2 aromatic rings. The zero-order valence-electron chi connectivity index (χ0n) is 15.7. The number of hydrogen-bond donors (Lipinski definition) is 2. The molecule has 1 aliphatic rings. The van der Waals surface area contributed by atoms with E-state index in [1.807, 2.05) is 0 Å². The number of benzene rings is 1. The van der Waals surface area contributed by atoms with Crippen molar-refractivity contribution in [2.45, 2.75) is 31.0 Å². The van der Waals surface area contributed by atoms with Crippen molar-refractivity contribution in [3.05, 3.63) is 34.9 Å². The number of nitrogen functional groups attached to an aromatic ring is 1. The van der Waals surface area contributed by atoms with Crippen LogP contribution in [0.1, 0.15) is 18.9 Å². The number of anilines is 3. The highest BCUT2D eigenvalue weighted by molar-refractivity contribution is 7.91. The standard InChI is InChI=1S/C17H21ClF2N6O2S/c1-2-29(27,28)16-23-14(25-8-7-17(19,20)10-25)13(21)15(24-16)26(22)9-11-5-3-4-6-12(11)18/h3-6H,2,7-10,21-22H2,1H3/p+1. The fourth-order valence-electron chi connectivity index (χ4n) is 3.02. The molecule has 0 atom stereocenters. The molecule has 3 rings (SSSR count). The molecule has 1 saturated heterocycles. The highest BCUT2D eigenvalue weighted by atomic mass is 35.5. The Balaban J connectivity index is 2.07. The Kier molecular flexibility index (Phi) is 5.84. The summed E-state index contributed by atoms with van der Waals surface area (Å²) in [7, 11) is -3.78. The number of sulfone groups is 1. The van der Waals surface area contributed by atoms with E-state index in [-0.39, 0.29) is 47.7 Å². The fraction of sp³-hybridized carbons (Fsp3) is 0.412. The van der Waals surface area contributed by atoms with Gasteiger partial charge in [-0.1, -0.05) is 41.7 Å². The van der Waals surface area contributed by atoms with Crippen molar-refractivity contribution in [3.8, 4) is 0 Å². The number of nitrogens with zero attached hydrogens (tertiary/aromatic N) is 3. The first-order chi connectivity index (χ1) is 13.5. The van der Waals surface area contributed by atoms with Gasteiger partial charge >= 0.3 is 5.16 Å². The van der Waals surface area contributed by atoms with Crippen LogP contribution in [0.25, 0.3) is 0 Å². The second-order valence-corrected chi connectivity index (χ2v) is 9.38. The summed E-state index contributed by atoms with van der Waals surface area (Å²) in [6.45, 7) is 0.965. The molecule has 1 aromatic carbocycles. The van der Waals surface area contributed by atoms with Gasteiger partial charge in [0, 0.05) is 11.4 Å². The Labute approximate surface area is 172 Å². The Morgan fingerprint density at radius 3 is 2.66 bits per heavy atom. The molecule has 158 valence electrons. The maximum absolute atomic E-state index is 13.7. The van der Waals surface area contributed by atoms with E-state index in [4.69, 9.17) is 23.2 Å². The van der Waals surface area contributed by atoms with E-state index in [2.05, 4.69) is 9.97 Å². The van der Waals surface area contributed by atoms with Crippen LogP contribution in [0.2, 0.25) is 5.02 Å². The molecule has 0 saturated carbocycles. The van der Waals surface area contributed by atoms with Gasteiger partial charge < -0.3 is 5.73 Å². The van der Waals surface area contributed by atoms with Crippen molar-refractivity contribution in [3.63, 3.8) is 0 Å². The van der Waals surface area contributed by atoms with Gasteiger partial charge in [0.2, 0.25) is 9.84 Å². The normalized spacial score (nSPS) is 16.2. The summed E-state index contributed by atoms with van der Waals surface area (Å²) >= 11 is 6.16. The van der Waals surface area contributed by atoms with E-state index in [0.29, 0.717) is 10.6 Å². The monoisotopic (exact) mass is 447 g/mol. The number of halogens is 3. The van der Waals surface area contributed by atoms with Crippen LogP contribution in [0, 0.1) is 0 Å². The van der Waals surface area contributed by atoms with E-state index in [9.17, 15) is 17.2 Å². The first-order valence-corrected chi connectivity index (χ1v) is 10.9. The van der Waals surface area contributed by atoms with Crippen molar-refractivity contribution in [2.24, 2.45) is 5.84 Å². The molecule has 1 aliphatic heterocycles. The predicted octanol–water partition coefficient (Wildman–Crippen LogP) is 1.65. The van der Waals surface area contributed by atoms with E-state index in [0.717, 1.165) is 5.01 Å². The van der Waals surface area contributed by atoms with Crippen LogP contribution < -0.4 is 26.5 Å². The third kappa shape index (κ3) is 4.51. The molecule has 2 heterocycles. The molecule has 0 bridgehead atoms. The highest BCUT2D eigenvalue weighted by Gasteiger charge is 2.44. The van der Waals surface area contributed by atoms with Gasteiger partial charge in [-0.05, 0) is 11.6 Å². The lowest BCUT2D eigenvalue weighted by Crippen LogP contribution is -2.38. The zero-order valence-corrected chi connectivity index (χ0v) is 17.3. The molecule has 1 fully saturated rings. The smallest absolute Gasteiger partial charge is 0.356 e. The van der Waals surface area contributed by atoms with Crippen molar-refractivity contribution in [1.29, 1.82) is 0 Å². The Morgan fingerprint density at radius 2 is 2.07 bits per heavy atom. The van der Waals surface area contributed by atoms with Gasteiger partial charge in [0.25, 0.3) is 17.6 Å². The lowest BCUT2D eigenvalue weighted by atomic mass is 10.2. The van der Waals surface area contributed by atoms with Crippen LogP contribution in [0.5, 0.6) is 0 Å². The van der Waals surface area contributed by atoms with Gasteiger partial charge in [-0.2, -0.15) is 0 Å². The topological polar surface area (TPSA) is 120 Å². The quantitative estimate of drug-likeness (QED) is 0.392. The largest absolute Gasteiger partial charge is 0.389 e. The number of H-pyrrole nitrogens is 1. The minimum Gasteiger partial charge on any atom is -0.389 e. The first-order valence-electron chi connectivity index (χ1n) is 8.88. The number of nitrogens with one attached hydrogen (secondary N) is 1. The average Bonchev–Trinajstić information content (AvgIpc) is 3.03. The average molecular weight is 448 g/mol. The maximum atomic E-state index is 13.7. The zero-order chi connectivity index (χ0) is 21.4. The summed E-state index contributed by atoms with van der Waals surface area (Å²) in [5, 5.41) is 1.23. The molecule has 0 amide bonds. The van der Waals surface area contributed by atoms with Crippen molar-refractivity contribution >= 4 is 38.8 Å². The number of hydrazine groups is 1. The predicted molar refractivity (Wildman–Crippen MR) is 107 cm³/mol. The lowest BCUT2D eigenvalue weighted by Gasteiger charge is -2.21. The second kappa shape index (κ2) is 7.88. The van der Waals surface area contributed by atoms with Gasteiger partial charge in [-0.15, -0.1) is 0 Å². The Bertz CT molecular complexity index is 1020. The summed E-state index contributed by atoms with van der Waals surface area (Å²) in [4.78, 5) is 8.00. The number of alkyl halides is 2. The van der Waals surface area contributed by atoms with Crippen molar-refractivity contribution in [2.75, 3.05) is 34.5 Å². The molecule has 5 N–H and O–H groups in total. The maximum Gasteiger partial charge on any atom is 0.356 e. The van der Waals surface area contributed by atoms with E-state index < -0.39 is 22.3 Å². The number of nitrogens with two attached hydrogens (primary N) is 2. The van der Waals surface area contributed by atoms with Gasteiger partial charge in [-0.25, -0.2) is 28.0 Å². The summed E-state index contributed by atoms with van der Waals surface area (Å²) in [5.74, 6) is 3.01. The Hall–Kier alpha value is -2.24. The minimum absolute atomic E-state index is 0.0118. The van der Waals surface area contributed by atoms with Gasteiger partial charge in [0.05, 0.1) is 18.8 Å². The second-order valence-electron chi connectivity index (χ2n) is 6.78. The van der Waals surface area contributed by atoms with E-state index >= 15 is 0 Å². The molecule has 0 radical (unpaired) electrons. The number of aromatic nitrogens is 2. The minimum atomic E-state index is -3.78. The molecule has 1 aromatic heterocycles. The molecule has 8 nitrogen and oxygen atoms in total. The van der Waals surface area contributed by atoms with Crippen LogP contribution in [0.15, 0.2) is 29.4 Å². The SMILES string of the molecule is CCS(=O)(=O)c1nc(N(N)Cc2ccccc2Cl)c(N)c(N2CCC(F)(F)C2)[nH+]1. The van der Waals surface area contributed by atoms with Gasteiger partial charge in [-0.3, -0.25) is 9.91 Å². The fourth-order valence-corrected chi connectivity index (χ4v) is 3.97. The summed E-state index contributed by atoms with van der Waals surface area (Å²) in [6, 6.07) is 6.97. The third-order valence-electron chi connectivity index (χ3n) is 4.66. The summed E-state index contributed by atoms with van der Waals surface area (Å²) in [6.07, 6.45) is -0.361. The van der Waals surface area contributed by atoms with E-state index in [1.165, 1.54) is 11.8 Å². The van der Waals surface area contributed by atoms with E-state index in [1.54, 1.807) is 24.3 Å². The van der Waals surface area contributed by atoms with Crippen LogP contribution in [-0.4, -0.2) is 38.2 Å². The third-order valence-corrected chi connectivity index (χ3v) is 6.57.